The summed E-state index contributed by atoms with van der Waals surface area (Å²) in [6.07, 6.45) is -0.533. The van der Waals surface area contributed by atoms with Gasteiger partial charge < -0.3 is 10.0 Å². The minimum atomic E-state index is -3.60. The third kappa shape index (κ3) is 5.18. The van der Waals surface area contributed by atoms with Gasteiger partial charge in [0, 0.05) is 32.1 Å². The Morgan fingerprint density at radius 2 is 2.04 bits per heavy atom. The molecule has 1 aliphatic rings. The highest BCUT2D eigenvalue weighted by Gasteiger charge is 2.33. The molecule has 0 aliphatic carbocycles. The lowest BCUT2D eigenvalue weighted by Crippen LogP contribution is -2.57. The molecule has 1 fully saturated rings. The molecule has 1 aliphatic heterocycles. The SMILES string of the molecule is CN(C)S(=O)(=O)N[C@@H]1CCN(C(=O)CSc2ccccc2)C[C@H]1O. The normalized spacial score (nSPS) is 21.9. The number of nitrogens with zero attached hydrogens (tertiary/aromatic N) is 2. The first-order valence-electron chi connectivity index (χ1n) is 7.63. The molecule has 1 aromatic rings. The molecule has 1 saturated heterocycles. The summed E-state index contributed by atoms with van der Waals surface area (Å²) in [5.74, 6) is 0.238. The molecule has 2 atom stereocenters. The van der Waals surface area contributed by atoms with E-state index in [0.29, 0.717) is 18.7 Å². The van der Waals surface area contributed by atoms with E-state index in [2.05, 4.69) is 4.72 Å². The number of piperidine rings is 1. The van der Waals surface area contributed by atoms with Gasteiger partial charge in [0.1, 0.15) is 0 Å². The molecule has 1 amide bonds. The Kier molecular flexibility index (Phi) is 6.64. The lowest BCUT2D eigenvalue weighted by molar-refractivity contribution is -0.131. The molecule has 134 valence electrons. The summed E-state index contributed by atoms with van der Waals surface area (Å²) in [4.78, 5) is 14.9. The molecule has 24 heavy (non-hydrogen) atoms. The maximum Gasteiger partial charge on any atom is 0.279 e. The van der Waals surface area contributed by atoms with Crippen molar-refractivity contribution in [3.8, 4) is 0 Å². The maximum absolute atomic E-state index is 12.3. The average Bonchev–Trinajstić information content (AvgIpc) is 2.55. The van der Waals surface area contributed by atoms with Crippen LogP contribution in [-0.4, -0.2) is 73.7 Å². The fraction of sp³-hybridized carbons (Fsp3) is 0.533. The third-order valence-corrected chi connectivity index (χ3v) is 6.38. The molecule has 9 heteroatoms. The van der Waals surface area contributed by atoms with Gasteiger partial charge in [-0.3, -0.25) is 4.79 Å². The van der Waals surface area contributed by atoms with Crippen molar-refractivity contribution in [1.82, 2.24) is 13.9 Å². The minimum Gasteiger partial charge on any atom is -0.390 e. The Hall–Kier alpha value is -1.13. The summed E-state index contributed by atoms with van der Waals surface area (Å²) in [6, 6.07) is 9.05. The smallest absolute Gasteiger partial charge is 0.279 e. The van der Waals surface area contributed by atoms with Gasteiger partial charge in [-0.15, -0.1) is 11.8 Å². The molecule has 2 N–H and O–H groups in total. The van der Waals surface area contributed by atoms with Crippen molar-refractivity contribution in [2.45, 2.75) is 23.5 Å². The highest BCUT2D eigenvalue weighted by Crippen LogP contribution is 2.19. The number of hydrogen-bond donors (Lipinski definition) is 2. The van der Waals surface area contributed by atoms with E-state index in [1.165, 1.54) is 25.9 Å². The predicted octanol–water partition coefficient (Wildman–Crippen LogP) is 0.137. The summed E-state index contributed by atoms with van der Waals surface area (Å²) in [5, 5.41) is 10.2. The van der Waals surface area contributed by atoms with Crippen molar-refractivity contribution in [3.63, 3.8) is 0 Å². The minimum absolute atomic E-state index is 0.0585. The zero-order valence-electron chi connectivity index (χ0n) is 13.8. The van der Waals surface area contributed by atoms with Gasteiger partial charge in [-0.1, -0.05) is 18.2 Å². The van der Waals surface area contributed by atoms with E-state index < -0.39 is 22.4 Å². The summed E-state index contributed by atoms with van der Waals surface area (Å²) >= 11 is 1.45. The standard InChI is InChI=1S/C15H23N3O4S2/c1-17(2)24(21,22)16-13-8-9-18(10-14(13)19)15(20)11-23-12-6-4-3-5-7-12/h3-7,13-14,16,19H,8-11H2,1-2H3/t13-,14-/m1/s1. The number of rotatable bonds is 6. The second-order valence-electron chi connectivity index (χ2n) is 5.81. The number of nitrogens with one attached hydrogen (secondary N) is 1. The highest BCUT2D eigenvalue weighted by atomic mass is 32.2. The number of benzene rings is 1. The van der Waals surface area contributed by atoms with Crippen LogP contribution in [-0.2, 0) is 15.0 Å². The first-order chi connectivity index (χ1) is 11.3. The lowest BCUT2D eigenvalue weighted by Gasteiger charge is -2.36. The summed E-state index contributed by atoms with van der Waals surface area (Å²) in [6.45, 7) is 0.556. The van der Waals surface area contributed by atoms with Gasteiger partial charge in [-0.2, -0.15) is 17.4 Å². The molecule has 7 nitrogen and oxygen atoms in total. The van der Waals surface area contributed by atoms with Gasteiger partial charge in [0.05, 0.1) is 17.9 Å². The monoisotopic (exact) mass is 373 g/mol. The molecule has 0 unspecified atom stereocenters. The second kappa shape index (κ2) is 8.30. The van der Waals surface area contributed by atoms with Crippen molar-refractivity contribution in [1.29, 1.82) is 0 Å². The van der Waals surface area contributed by atoms with Crippen LogP contribution in [0, 0.1) is 0 Å². The third-order valence-electron chi connectivity index (χ3n) is 3.82. The molecule has 0 saturated carbocycles. The number of carbonyl (C=O) groups excluding carboxylic acids is 1. The topological polar surface area (TPSA) is 90.0 Å². The molecule has 0 spiro atoms. The van der Waals surface area contributed by atoms with Crippen LogP contribution in [0.1, 0.15) is 6.42 Å². The van der Waals surface area contributed by atoms with Crippen molar-refractivity contribution in [3.05, 3.63) is 30.3 Å². The van der Waals surface area contributed by atoms with Gasteiger partial charge in [0.15, 0.2) is 0 Å². The summed E-state index contributed by atoms with van der Waals surface area (Å²) in [5.41, 5.74) is 0. The van der Waals surface area contributed by atoms with Crippen LogP contribution in [0.25, 0.3) is 0 Å². The average molecular weight is 374 g/mol. The van der Waals surface area contributed by atoms with Gasteiger partial charge >= 0.3 is 0 Å². The fourth-order valence-electron chi connectivity index (χ4n) is 2.35. The zero-order valence-corrected chi connectivity index (χ0v) is 15.4. The molecule has 0 radical (unpaired) electrons. The molecular formula is C15H23N3O4S2. The highest BCUT2D eigenvalue weighted by molar-refractivity contribution is 8.00. The Morgan fingerprint density at radius 1 is 1.38 bits per heavy atom. The van der Waals surface area contributed by atoms with Gasteiger partial charge in [0.25, 0.3) is 10.2 Å². The first kappa shape index (κ1) is 19.2. The van der Waals surface area contributed by atoms with Crippen LogP contribution in [0.15, 0.2) is 35.2 Å². The van der Waals surface area contributed by atoms with E-state index in [-0.39, 0.29) is 12.5 Å². The summed E-state index contributed by atoms with van der Waals surface area (Å²) < 4.78 is 27.2. The molecule has 2 rings (SSSR count). The van der Waals surface area contributed by atoms with Gasteiger partial charge in [0.2, 0.25) is 5.91 Å². The number of aliphatic hydroxyl groups is 1. The van der Waals surface area contributed by atoms with Crippen molar-refractivity contribution in [2.24, 2.45) is 0 Å². The van der Waals surface area contributed by atoms with Crippen LogP contribution in [0.3, 0.4) is 0 Å². The largest absolute Gasteiger partial charge is 0.390 e. The number of likely N-dealkylation sites (tertiary alicyclic amines) is 1. The zero-order chi connectivity index (χ0) is 17.7. The van der Waals surface area contributed by atoms with Crippen LogP contribution in [0.4, 0.5) is 0 Å². The van der Waals surface area contributed by atoms with Gasteiger partial charge in [-0.25, -0.2) is 0 Å². The van der Waals surface area contributed by atoms with E-state index in [4.69, 9.17) is 0 Å². The van der Waals surface area contributed by atoms with Crippen LogP contribution >= 0.6 is 11.8 Å². The van der Waals surface area contributed by atoms with E-state index in [1.807, 2.05) is 30.3 Å². The predicted molar refractivity (Wildman–Crippen MR) is 93.9 cm³/mol. The number of β-amino-alcohol motifs (C(OH)–C–C–N with tert-alkyl or cyclic N) is 1. The number of amides is 1. The summed E-state index contributed by atoms with van der Waals surface area (Å²) in [7, 11) is -0.749. The van der Waals surface area contributed by atoms with E-state index in [0.717, 1.165) is 9.20 Å². The molecule has 0 aromatic heterocycles. The number of carbonyl (C=O) groups is 1. The van der Waals surface area contributed by atoms with Crippen molar-refractivity contribution >= 4 is 27.9 Å². The number of thioether (sulfide) groups is 1. The van der Waals surface area contributed by atoms with Crippen molar-refractivity contribution < 1.29 is 18.3 Å². The first-order valence-corrected chi connectivity index (χ1v) is 10.1. The molecule has 0 bridgehead atoms. The Morgan fingerprint density at radius 3 is 2.62 bits per heavy atom. The Bertz CT molecular complexity index is 652. The molecule has 1 heterocycles. The van der Waals surface area contributed by atoms with E-state index in [9.17, 15) is 18.3 Å². The van der Waals surface area contributed by atoms with Crippen LogP contribution in [0.2, 0.25) is 0 Å². The Labute approximate surface area is 147 Å². The van der Waals surface area contributed by atoms with Crippen molar-refractivity contribution in [2.75, 3.05) is 32.9 Å². The fourth-order valence-corrected chi connectivity index (χ4v) is 4.04. The quantitative estimate of drug-likeness (QED) is 0.692. The van der Waals surface area contributed by atoms with E-state index >= 15 is 0 Å². The molecular weight excluding hydrogens is 350 g/mol. The van der Waals surface area contributed by atoms with Crippen LogP contribution < -0.4 is 4.72 Å². The van der Waals surface area contributed by atoms with E-state index in [1.54, 1.807) is 4.90 Å². The maximum atomic E-state index is 12.3. The lowest BCUT2D eigenvalue weighted by atomic mass is 10.0. The number of hydrogen-bond acceptors (Lipinski definition) is 5. The number of aliphatic hydroxyl groups excluding tert-OH is 1. The van der Waals surface area contributed by atoms with Gasteiger partial charge in [-0.05, 0) is 18.6 Å². The van der Waals surface area contributed by atoms with Crippen LogP contribution in [0.5, 0.6) is 0 Å². The second-order valence-corrected chi connectivity index (χ2v) is 8.77. The Balaban J connectivity index is 1.85. The molecule has 1 aromatic carbocycles.